The van der Waals surface area contributed by atoms with Crippen molar-refractivity contribution in [1.82, 2.24) is 19.8 Å². The molecule has 4 rings (SSSR count). The first kappa shape index (κ1) is 28.3. The summed E-state index contributed by atoms with van der Waals surface area (Å²) >= 11 is 1.33. The SMILES string of the molecule is CN1CCN(CC(=O)Nc2cc(CSc3ncccc3C(=O)Nc3ccc(OC(F)(F)F)cc3)ccn2)CC1. The highest BCUT2D eigenvalue weighted by molar-refractivity contribution is 7.98. The summed E-state index contributed by atoms with van der Waals surface area (Å²) in [4.78, 5) is 38.2. The molecule has 1 saturated heterocycles. The lowest BCUT2D eigenvalue weighted by atomic mass is 10.2. The quantitative estimate of drug-likeness (QED) is 0.378. The number of carbonyl (C=O) groups is 2. The molecule has 2 amide bonds. The topological polar surface area (TPSA) is 99.7 Å². The number of aromatic nitrogens is 2. The zero-order valence-electron chi connectivity index (χ0n) is 21.1. The molecular weight excluding hydrogens is 533 g/mol. The van der Waals surface area contributed by atoms with Crippen LogP contribution < -0.4 is 15.4 Å². The first-order valence-corrected chi connectivity index (χ1v) is 13.0. The third kappa shape index (κ3) is 8.94. The van der Waals surface area contributed by atoms with Crippen LogP contribution in [0.15, 0.2) is 66.0 Å². The third-order valence-electron chi connectivity index (χ3n) is 5.79. The lowest BCUT2D eigenvalue weighted by molar-refractivity contribution is -0.274. The molecule has 3 aromatic rings. The van der Waals surface area contributed by atoms with Crippen LogP contribution >= 0.6 is 11.8 Å². The maximum absolute atomic E-state index is 12.9. The molecule has 1 fully saturated rings. The Morgan fingerprint density at radius 1 is 1.00 bits per heavy atom. The molecule has 39 heavy (non-hydrogen) atoms. The summed E-state index contributed by atoms with van der Waals surface area (Å²) < 4.78 is 40.9. The van der Waals surface area contributed by atoms with Gasteiger partial charge in [0.25, 0.3) is 5.91 Å². The van der Waals surface area contributed by atoms with Crippen LogP contribution in [-0.2, 0) is 10.5 Å². The Bertz CT molecular complexity index is 1280. The first-order chi connectivity index (χ1) is 18.6. The van der Waals surface area contributed by atoms with Crippen LogP contribution in [0.4, 0.5) is 24.7 Å². The van der Waals surface area contributed by atoms with E-state index in [1.807, 2.05) is 6.07 Å². The maximum Gasteiger partial charge on any atom is 0.573 e. The molecule has 0 spiro atoms. The van der Waals surface area contributed by atoms with Gasteiger partial charge in [0, 0.05) is 50.0 Å². The second-order valence-electron chi connectivity index (χ2n) is 8.85. The zero-order chi connectivity index (χ0) is 27.8. The van der Waals surface area contributed by atoms with E-state index in [1.54, 1.807) is 30.6 Å². The van der Waals surface area contributed by atoms with Crippen molar-refractivity contribution in [1.29, 1.82) is 0 Å². The number of hydrogen-bond acceptors (Lipinski definition) is 8. The number of rotatable bonds is 9. The summed E-state index contributed by atoms with van der Waals surface area (Å²) in [5.74, 6) is -0.0558. The van der Waals surface area contributed by atoms with Crippen LogP contribution in [-0.4, -0.2) is 77.7 Å². The van der Waals surface area contributed by atoms with E-state index in [0.29, 0.717) is 34.4 Å². The zero-order valence-corrected chi connectivity index (χ0v) is 21.9. The summed E-state index contributed by atoms with van der Waals surface area (Å²) in [5, 5.41) is 5.98. The Labute approximate surface area is 227 Å². The van der Waals surface area contributed by atoms with Crippen molar-refractivity contribution in [2.24, 2.45) is 0 Å². The number of benzene rings is 1. The van der Waals surface area contributed by atoms with Gasteiger partial charge in [0.2, 0.25) is 5.91 Å². The fourth-order valence-electron chi connectivity index (χ4n) is 3.79. The van der Waals surface area contributed by atoms with Crippen LogP contribution in [0, 0.1) is 0 Å². The predicted octanol–water partition coefficient (Wildman–Crippen LogP) is 4.11. The van der Waals surface area contributed by atoms with Crippen molar-refractivity contribution >= 4 is 35.1 Å². The van der Waals surface area contributed by atoms with E-state index in [-0.39, 0.29) is 11.7 Å². The molecule has 2 N–H and O–H groups in total. The van der Waals surface area contributed by atoms with Gasteiger partial charge in [0.15, 0.2) is 0 Å². The molecule has 1 aromatic carbocycles. The Balaban J connectivity index is 1.33. The Morgan fingerprint density at radius 2 is 1.74 bits per heavy atom. The Kier molecular flexibility index (Phi) is 9.38. The smallest absolute Gasteiger partial charge is 0.406 e. The molecule has 0 unspecified atom stereocenters. The molecule has 0 radical (unpaired) electrons. The van der Waals surface area contributed by atoms with Crippen molar-refractivity contribution in [3.63, 3.8) is 0 Å². The summed E-state index contributed by atoms with van der Waals surface area (Å²) in [7, 11) is 2.06. The molecule has 1 aliphatic heterocycles. The minimum atomic E-state index is -4.79. The van der Waals surface area contributed by atoms with Gasteiger partial charge in [-0.2, -0.15) is 0 Å². The normalized spacial score (nSPS) is 14.6. The van der Waals surface area contributed by atoms with Gasteiger partial charge in [-0.1, -0.05) is 0 Å². The monoisotopic (exact) mass is 560 g/mol. The molecule has 206 valence electrons. The molecule has 2 aromatic heterocycles. The number of hydrogen-bond donors (Lipinski definition) is 2. The number of halogens is 3. The van der Waals surface area contributed by atoms with Crippen LogP contribution in [0.3, 0.4) is 0 Å². The number of alkyl halides is 3. The molecule has 1 aliphatic rings. The van der Waals surface area contributed by atoms with Crippen molar-refractivity contribution in [3.8, 4) is 5.75 Å². The highest BCUT2D eigenvalue weighted by atomic mass is 32.2. The summed E-state index contributed by atoms with van der Waals surface area (Å²) in [5.41, 5.74) is 1.50. The number of nitrogens with zero attached hydrogens (tertiary/aromatic N) is 4. The minimum Gasteiger partial charge on any atom is -0.406 e. The Hall–Kier alpha value is -3.68. The lowest BCUT2D eigenvalue weighted by Gasteiger charge is -2.31. The minimum absolute atomic E-state index is 0.126. The van der Waals surface area contributed by atoms with Crippen molar-refractivity contribution < 1.29 is 27.5 Å². The molecule has 0 bridgehead atoms. The second kappa shape index (κ2) is 12.9. The average molecular weight is 561 g/mol. The molecular formula is C26H27F3N6O3S. The molecule has 0 atom stereocenters. The highest BCUT2D eigenvalue weighted by Gasteiger charge is 2.31. The largest absolute Gasteiger partial charge is 0.573 e. The standard InChI is InChI=1S/C26H27F3N6O3S/c1-34-11-13-35(14-12-34)16-23(36)33-22-15-18(8-10-30-22)17-39-25-21(3-2-9-31-25)24(37)32-19-4-6-20(7-5-19)38-26(27,28)29/h2-10,15H,11-14,16-17H2,1H3,(H,32,37)(H,30,33,36). The fraction of sp³-hybridized carbons (Fsp3) is 0.308. The summed E-state index contributed by atoms with van der Waals surface area (Å²) in [6.45, 7) is 3.83. The van der Waals surface area contributed by atoms with E-state index in [2.05, 4.69) is 42.2 Å². The first-order valence-electron chi connectivity index (χ1n) is 12.1. The van der Waals surface area contributed by atoms with E-state index in [0.717, 1.165) is 43.9 Å². The fourth-order valence-corrected chi connectivity index (χ4v) is 4.73. The van der Waals surface area contributed by atoms with E-state index in [9.17, 15) is 22.8 Å². The number of anilines is 2. The molecule has 0 aliphatic carbocycles. The molecule has 13 heteroatoms. The number of thioether (sulfide) groups is 1. The number of piperazine rings is 1. The van der Waals surface area contributed by atoms with Gasteiger partial charge in [-0.15, -0.1) is 24.9 Å². The number of likely N-dealkylation sites (N-methyl/N-ethyl adjacent to an activating group) is 1. The number of nitrogens with one attached hydrogen (secondary N) is 2. The average Bonchev–Trinajstić information content (AvgIpc) is 2.89. The number of amides is 2. The molecule has 9 nitrogen and oxygen atoms in total. The van der Waals surface area contributed by atoms with Crippen LogP contribution in [0.5, 0.6) is 5.75 Å². The van der Waals surface area contributed by atoms with E-state index >= 15 is 0 Å². The highest BCUT2D eigenvalue weighted by Crippen LogP contribution is 2.27. The second-order valence-corrected chi connectivity index (χ2v) is 9.81. The maximum atomic E-state index is 12.9. The number of pyridine rings is 2. The van der Waals surface area contributed by atoms with Gasteiger partial charge in [-0.05, 0) is 61.1 Å². The van der Waals surface area contributed by atoms with Gasteiger partial charge in [-0.25, -0.2) is 9.97 Å². The van der Waals surface area contributed by atoms with Crippen LogP contribution in [0.2, 0.25) is 0 Å². The lowest BCUT2D eigenvalue weighted by Crippen LogP contribution is -2.47. The Morgan fingerprint density at radius 3 is 2.46 bits per heavy atom. The third-order valence-corrected chi connectivity index (χ3v) is 6.87. The summed E-state index contributed by atoms with van der Waals surface area (Å²) in [6.07, 6.45) is -1.61. The molecule has 3 heterocycles. The van der Waals surface area contributed by atoms with Crippen molar-refractivity contribution in [2.45, 2.75) is 17.1 Å². The number of carbonyl (C=O) groups excluding carboxylic acids is 2. The van der Waals surface area contributed by atoms with Crippen LogP contribution in [0.1, 0.15) is 15.9 Å². The van der Waals surface area contributed by atoms with Gasteiger partial charge in [0.05, 0.1) is 12.1 Å². The van der Waals surface area contributed by atoms with E-state index in [4.69, 9.17) is 0 Å². The van der Waals surface area contributed by atoms with Crippen molar-refractivity contribution in [2.75, 3.05) is 50.4 Å². The van der Waals surface area contributed by atoms with E-state index in [1.165, 1.54) is 23.9 Å². The number of ether oxygens (including phenoxy) is 1. The van der Waals surface area contributed by atoms with Gasteiger partial charge in [0.1, 0.15) is 16.6 Å². The molecule has 0 saturated carbocycles. The van der Waals surface area contributed by atoms with Crippen molar-refractivity contribution in [3.05, 3.63) is 72.1 Å². The van der Waals surface area contributed by atoms with Gasteiger partial charge < -0.3 is 20.3 Å². The summed E-state index contributed by atoms with van der Waals surface area (Å²) in [6, 6.07) is 11.7. The van der Waals surface area contributed by atoms with Crippen LogP contribution in [0.25, 0.3) is 0 Å². The van der Waals surface area contributed by atoms with E-state index < -0.39 is 12.3 Å². The van der Waals surface area contributed by atoms with Gasteiger partial charge >= 0.3 is 6.36 Å². The predicted molar refractivity (Wildman–Crippen MR) is 142 cm³/mol. The van der Waals surface area contributed by atoms with Gasteiger partial charge in [-0.3, -0.25) is 14.5 Å².